The van der Waals surface area contributed by atoms with Gasteiger partial charge in [-0.05, 0) is 78.1 Å². The van der Waals surface area contributed by atoms with Crippen molar-refractivity contribution in [3.05, 3.63) is 69.8 Å². The number of carbonyl (C=O) groups excluding carboxylic acids is 1. The molecule has 1 N–H and O–H groups in total. The summed E-state index contributed by atoms with van der Waals surface area (Å²) in [6.07, 6.45) is 5.38. The first-order valence-corrected chi connectivity index (χ1v) is 10.6. The average Bonchev–Trinajstić information content (AvgIpc) is 3.21. The predicted molar refractivity (Wildman–Crippen MR) is 118 cm³/mol. The third-order valence-corrected chi connectivity index (χ3v) is 6.03. The molecule has 1 aliphatic heterocycles. The highest BCUT2D eigenvalue weighted by atomic mass is 79.9. The maximum absolute atomic E-state index is 12.7. The number of nitrogens with zero attached hydrogens (tertiary/aromatic N) is 2. The van der Waals surface area contributed by atoms with Crippen LogP contribution in [0.3, 0.4) is 0 Å². The number of pyridine rings is 1. The lowest BCUT2D eigenvalue weighted by Gasteiger charge is -2.16. The van der Waals surface area contributed by atoms with Crippen molar-refractivity contribution >= 4 is 38.4 Å². The number of hydrogen-bond donors (Lipinski definition) is 1. The van der Waals surface area contributed by atoms with E-state index >= 15 is 0 Å². The molecule has 0 bridgehead atoms. The van der Waals surface area contributed by atoms with E-state index in [0.29, 0.717) is 5.56 Å². The molecule has 3 aromatic rings. The summed E-state index contributed by atoms with van der Waals surface area (Å²) in [5, 5.41) is 4.20. The van der Waals surface area contributed by atoms with E-state index in [0.717, 1.165) is 39.6 Å². The second-order valence-corrected chi connectivity index (χ2v) is 8.13. The van der Waals surface area contributed by atoms with Crippen LogP contribution in [0.5, 0.6) is 0 Å². The van der Waals surface area contributed by atoms with E-state index < -0.39 is 0 Å². The molecule has 1 amide bonds. The van der Waals surface area contributed by atoms with E-state index in [1.807, 2.05) is 36.5 Å². The summed E-state index contributed by atoms with van der Waals surface area (Å²) >= 11 is 3.45. The van der Waals surface area contributed by atoms with Crippen LogP contribution in [0.4, 0.5) is 5.69 Å². The predicted octanol–water partition coefficient (Wildman–Crippen LogP) is 5.41. The highest BCUT2D eigenvalue weighted by Crippen LogP contribution is 2.28. The Balaban J connectivity index is 1.62. The molecular weight excluding hydrogens is 414 g/mol. The zero-order valence-corrected chi connectivity index (χ0v) is 17.6. The minimum atomic E-state index is -0.118. The SMILES string of the molecule is CCc1c(NC(=O)c2ccccc2Br)ccc2cc(CN3CCCC3)cnc12. The van der Waals surface area contributed by atoms with Gasteiger partial charge in [-0.15, -0.1) is 0 Å². The van der Waals surface area contributed by atoms with E-state index in [1.165, 1.54) is 31.5 Å². The molecule has 0 aliphatic carbocycles. The Morgan fingerprint density at radius 2 is 1.96 bits per heavy atom. The highest BCUT2D eigenvalue weighted by Gasteiger charge is 2.15. The monoisotopic (exact) mass is 437 g/mol. The van der Waals surface area contributed by atoms with Gasteiger partial charge in [-0.2, -0.15) is 0 Å². The van der Waals surface area contributed by atoms with Crippen molar-refractivity contribution in [3.63, 3.8) is 0 Å². The molecule has 4 rings (SSSR count). The molecule has 1 aliphatic rings. The zero-order chi connectivity index (χ0) is 19.5. The van der Waals surface area contributed by atoms with E-state index in [1.54, 1.807) is 0 Å². The number of amides is 1. The van der Waals surface area contributed by atoms with E-state index in [-0.39, 0.29) is 5.91 Å². The lowest BCUT2D eigenvalue weighted by molar-refractivity contribution is 0.102. The molecule has 1 saturated heterocycles. The fraction of sp³-hybridized carbons (Fsp3) is 0.304. The van der Waals surface area contributed by atoms with Gasteiger partial charge in [0.05, 0.1) is 11.1 Å². The summed E-state index contributed by atoms with van der Waals surface area (Å²) in [5.74, 6) is -0.118. The van der Waals surface area contributed by atoms with Crippen LogP contribution in [0.2, 0.25) is 0 Å². The first-order valence-electron chi connectivity index (χ1n) is 9.84. The number of anilines is 1. The van der Waals surface area contributed by atoms with Crippen molar-refractivity contribution in [2.45, 2.75) is 32.7 Å². The number of benzene rings is 2. The Hall–Kier alpha value is -2.24. The number of rotatable bonds is 5. The Morgan fingerprint density at radius 1 is 1.18 bits per heavy atom. The molecule has 5 heteroatoms. The third-order valence-electron chi connectivity index (χ3n) is 5.34. The molecule has 4 nitrogen and oxygen atoms in total. The maximum atomic E-state index is 12.7. The molecule has 0 unspecified atom stereocenters. The Bertz CT molecular complexity index is 1010. The lowest BCUT2D eigenvalue weighted by atomic mass is 10.0. The van der Waals surface area contributed by atoms with E-state index in [9.17, 15) is 4.79 Å². The highest BCUT2D eigenvalue weighted by molar-refractivity contribution is 9.10. The van der Waals surface area contributed by atoms with Gasteiger partial charge in [-0.3, -0.25) is 14.7 Å². The second-order valence-electron chi connectivity index (χ2n) is 7.28. The first-order chi connectivity index (χ1) is 13.7. The summed E-state index contributed by atoms with van der Waals surface area (Å²) in [6.45, 7) is 5.42. The van der Waals surface area contributed by atoms with E-state index in [2.05, 4.69) is 45.2 Å². The molecule has 1 fully saturated rings. The normalized spacial score (nSPS) is 14.5. The van der Waals surface area contributed by atoms with Gasteiger partial charge in [-0.1, -0.05) is 25.1 Å². The quantitative estimate of drug-likeness (QED) is 0.580. The van der Waals surface area contributed by atoms with Crippen LogP contribution >= 0.6 is 15.9 Å². The molecule has 28 heavy (non-hydrogen) atoms. The number of halogens is 1. The van der Waals surface area contributed by atoms with Crippen LogP contribution in [-0.2, 0) is 13.0 Å². The molecule has 0 spiro atoms. The number of carbonyl (C=O) groups is 1. The topological polar surface area (TPSA) is 45.2 Å². The number of aromatic nitrogens is 1. The van der Waals surface area contributed by atoms with Gasteiger partial charge in [0.1, 0.15) is 0 Å². The van der Waals surface area contributed by atoms with Crippen molar-refractivity contribution < 1.29 is 4.79 Å². The molecular formula is C23H24BrN3O. The Morgan fingerprint density at radius 3 is 2.71 bits per heavy atom. The third kappa shape index (κ3) is 3.96. The average molecular weight is 438 g/mol. The van der Waals surface area contributed by atoms with Crippen molar-refractivity contribution in [1.29, 1.82) is 0 Å². The molecule has 0 atom stereocenters. The fourth-order valence-corrected chi connectivity index (χ4v) is 4.37. The van der Waals surface area contributed by atoms with Gasteiger partial charge in [-0.25, -0.2) is 0 Å². The number of nitrogens with one attached hydrogen (secondary N) is 1. The van der Waals surface area contributed by atoms with Crippen molar-refractivity contribution in [3.8, 4) is 0 Å². The van der Waals surface area contributed by atoms with Gasteiger partial charge in [0.25, 0.3) is 5.91 Å². The van der Waals surface area contributed by atoms with Crippen molar-refractivity contribution in [2.24, 2.45) is 0 Å². The molecule has 144 valence electrons. The number of likely N-dealkylation sites (tertiary alicyclic amines) is 1. The lowest BCUT2D eigenvalue weighted by Crippen LogP contribution is -2.18. The summed E-state index contributed by atoms with van der Waals surface area (Å²) in [4.78, 5) is 20.0. The fourth-order valence-electron chi connectivity index (χ4n) is 3.90. The van der Waals surface area contributed by atoms with Gasteiger partial charge in [0, 0.05) is 33.9 Å². The standard InChI is InChI=1S/C23H24BrN3O/c1-2-18-21(26-23(28)19-7-3-4-8-20(19)24)10-9-17-13-16(14-25-22(17)18)15-27-11-5-6-12-27/h3-4,7-10,13-14H,2,5-6,11-12,15H2,1H3,(H,26,28). The van der Waals surface area contributed by atoms with Crippen molar-refractivity contribution in [2.75, 3.05) is 18.4 Å². The van der Waals surface area contributed by atoms with E-state index in [4.69, 9.17) is 4.98 Å². The largest absolute Gasteiger partial charge is 0.322 e. The van der Waals surface area contributed by atoms with Crippen LogP contribution in [0.1, 0.15) is 41.3 Å². The van der Waals surface area contributed by atoms with Gasteiger partial charge in [0.2, 0.25) is 0 Å². The van der Waals surface area contributed by atoms with Crippen LogP contribution in [0, 0.1) is 0 Å². The minimum Gasteiger partial charge on any atom is -0.322 e. The number of fused-ring (bicyclic) bond motifs is 1. The molecule has 0 radical (unpaired) electrons. The molecule has 2 heterocycles. The first kappa shape index (κ1) is 19.1. The summed E-state index contributed by atoms with van der Waals surface area (Å²) in [6, 6.07) is 13.7. The van der Waals surface area contributed by atoms with Crippen LogP contribution in [0.25, 0.3) is 10.9 Å². The zero-order valence-electron chi connectivity index (χ0n) is 16.0. The molecule has 1 aromatic heterocycles. The Labute approximate surface area is 174 Å². The smallest absolute Gasteiger partial charge is 0.256 e. The minimum absolute atomic E-state index is 0.118. The number of hydrogen-bond acceptors (Lipinski definition) is 3. The van der Waals surface area contributed by atoms with Crippen LogP contribution in [-0.4, -0.2) is 28.9 Å². The summed E-state index contributed by atoms with van der Waals surface area (Å²) in [5.41, 5.74) is 4.75. The summed E-state index contributed by atoms with van der Waals surface area (Å²) in [7, 11) is 0. The molecule has 2 aromatic carbocycles. The van der Waals surface area contributed by atoms with Gasteiger partial charge in [0.15, 0.2) is 0 Å². The summed E-state index contributed by atoms with van der Waals surface area (Å²) < 4.78 is 0.788. The van der Waals surface area contributed by atoms with Crippen LogP contribution < -0.4 is 5.32 Å². The van der Waals surface area contributed by atoms with Gasteiger partial charge < -0.3 is 5.32 Å². The van der Waals surface area contributed by atoms with Gasteiger partial charge >= 0.3 is 0 Å². The second kappa shape index (κ2) is 8.41. The van der Waals surface area contributed by atoms with Crippen molar-refractivity contribution in [1.82, 2.24) is 9.88 Å². The maximum Gasteiger partial charge on any atom is 0.256 e. The molecule has 0 saturated carbocycles. The Kier molecular flexibility index (Phi) is 5.74. The van der Waals surface area contributed by atoms with Crippen LogP contribution in [0.15, 0.2) is 53.1 Å². The number of aryl methyl sites for hydroxylation is 1.